The number of nitrogens with zero attached hydrogens (tertiary/aromatic N) is 1. The maximum absolute atomic E-state index is 12.9. The number of piperidine rings is 1. The van der Waals surface area contributed by atoms with Crippen molar-refractivity contribution in [3.63, 3.8) is 0 Å². The number of amides is 4. The molecule has 1 saturated heterocycles. The van der Waals surface area contributed by atoms with Gasteiger partial charge in [-0.05, 0) is 37.4 Å². The number of rotatable bonds is 8. The summed E-state index contributed by atoms with van der Waals surface area (Å²) < 4.78 is 0. The Labute approximate surface area is 169 Å². The number of carbonyl (C=O) groups is 4. The molecule has 0 bridgehead atoms. The van der Waals surface area contributed by atoms with Crippen LogP contribution in [0.4, 0.5) is 0 Å². The number of hydrogen-bond donors (Lipinski definition) is 3. The molecule has 2 aliphatic heterocycles. The molecule has 1 atom stereocenters. The molecule has 8 nitrogen and oxygen atoms in total. The number of hydrogen-bond acceptors (Lipinski definition) is 6. The first-order valence-corrected chi connectivity index (χ1v) is 9.33. The number of nitrogens with one attached hydrogen (secondary N) is 2. The number of fused-ring (bicyclic) bond motifs is 1. The molecule has 1 aromatic carbocycles. The van der Waals surface area contributed by atoms with Crippen LogP contribution in [0.1, 0.15) is 70.7 Å². The molecule has 0 radical (unpaired) electrons. The van der Waals surface area contributed by atoms with Crippen molar-refractivity contribution in [1.82, 2.24) is 15.8 Å². The molecular weight excluding hydrogens is 384 g/mol. The van der Waals surface area contributed by atoms with Gasteiger partial charge in [-0.1, -0.05) is 25.0 Å². The predicted octanol–water partition coefficient (Wildman–Crippen LogP) is 1.25. The van der Waals surface area contributed by atoms with Gasteiger partial charge in [-0.25, -0.2) is 10.4 Å². The Bertz CT molecular complexity index is 783. The lowest BCUT2D eigenvalue weighted by Gasteiger charge is -2.31. The average molecular weight is 409 g/mol. The molecule has 3 rings (SSSR count). The summed E-state index contributed by atoms with van der Waals surface area (Å²) in [7, 11) is 0. The highest BCUT2D eigenvalue weighted by Gasteiger charge is 2.39. The van der Waals surface area contributed by atoms with Gasteiger partial charge < -0.3 is 5.73 Å². The molecule has 4 N–H and O–H groups in total. The number of nitrogens with two attached hydrogens (primary N) is 1. The van der Waals surface area contributed by atoms with Gasteiger partial charge in [0, 0.05) is 13.0 Å². The third kappa shape index (κ3) is 4.40. The molecule has 0 saturated carbocycles. The van der Waals surface area contributed by atoms with E-state index in [0.29, 0.717) is 25.1 Å². The van der Waals surface area contributed by atoms with Crippen molar-refractivity contribution in [1.29, 1.82) is 0 Å². The van der Waals surface area contributed by atoms with Crippen LogP contribution in [0.15, 0.2) is 18.2 Å². The van der Waals surface area contributed by atoms with Crippen LogP contribution in [0.25, 0.3) is 0 Å². The third-order valence-electron chi connectivity index (χ3n) is 4.99. The molecular formula is C19H25ClN4O4. The van der Waals surface area contributed by atoms with E-state index in [9.17, 15) is 19.2 Å². The monoisotopic (exact) mass is 408 g/mol. The molecule has 28 heavy (non-hydrogen) atoms. The zero-order chi connectivity index (χ0) is 19.4. The fourth-order valence-corrected chi connectivity index (χ4v) is 3.59. The number of hydrazine groups is 1. The van der Waals surface area contributed by atoms with Crippen LogP contribution in [-0.2, 0) is 9.59 Å². The molecule has 152 valence electrons. The zero-order valence-electron chi connectivity index (χ0n) is 15.5. The smallest absolute Gasteiger partial charge is 0.259 e. The lowest BCUT2D eigenvalue weighted by atomic mass is 9.86. The molecule has 0 aromatic heterocycles. The van der Waals surface area contributed by atoms with Gasteiger partial charge in [0.25, 0.3) is 17.7 Å². The normalized spacial score (nSPS) is 18.8. The summed E-state index contributed by atoms with van der Waals surface area (Å²) in [6.45, 7) is 1.18. The molecule has 0 spiro atoms. The van der Waals surface area contributed by atoms with E-state index in [4.69, 9.17) is 5.73 Å². The first-order chi connectivity index (χ1) is 13.0. The summed E-state index contributed by atoms with van der Waals surface area (Å²) in [6, 6.07) is 4.90. The molecule has 1 unspecified atom stereocenters. The second-order valence-corrected chi connectivity index (χ2v) is 6.82. The van der Waals surface area contributed by atoms with Crippen LogP contribution >= 0.6 is 12.4 Å². The molecule has 2 aliphatic rings. The number of halogens is 1. The summed E-state index contributed by atoms with van der Waals surface area (Å²) in [5.74, 6) is -2.22. The Kier molecular flexibility index (Phi) is 7.68. The Hall–Kier alpha value is -2.29. The molecule has 1 aromatic rings. The van der Waals surface area contributed by atoms with E-state index in [1.165, 1.54) is 0 Å². The maximum Gasteiger partial charge on any atom is 0.259 e. The minimum Gasteiger partial charge on any atom is -0.330 e. The number of unbranched alkanes of at least 4 members (excludes halogenated alkanes) is 3. The standard InChI is InChI=1S/C19H24N4O4.ClH/c20-10-3-1-2-4-11-21-23-15(24)9-8-13(19(23)27)12-6-5-7-14-16(12)18(26)22-17(14)25;/h5-7,13,21H,1-4,8-11,20H2,(H,22,25,26);1H. The van der Waals surface area contributed by atoms with Gasteiger partial charge in [0.05, 0.1) is 17.0 Å². The highest BCUT2D eigenvalue weighted by Crippen LogP contribution is 2.33. The van der Waals surface area contributed by atoms with Gasteiger partial charge in [0.1, 0.15) is 0 Å². The molecule has 4 amide bonds. The Morgan fingerprint density at radius 2 is 1.82 bits per heavy atom. The van der Waals surface area contributed by atoms with Crippen molar-refractivity contribution in [2.24, 2.45) is 5.73 Å². The third-order valence-corrected chi connectivity index (χ3v) is 4.99. The molecule has 9 heteroatoms. The Morgan fingerprint density at radius 1 is 1.07 bits per heavy atom. The van der Waals surface area contributed by atoms with E-state index < -0.39 is 17.7 Å². The van der Waals surface area contributed by atoms with Gasteiger partial charge >= 0.3 is 0 Å². The summed E-state index contributed by atoms with van der Waals surface area (Å²) in [5, 5.41) is 3.34. The van der Waals surface area contributed by atoms with Crippen molar-refractivity contribution in [3.8, 4) is 0 Å². The SMILES string of the molecule is Cl.NCCCCCCNN1C(=O)CCC(c2cccc3c2C(=O)NC3=O)C1=O. The number of carbonyl (C=O) groups excluding carboxylic acids is 4. The van der Waals surface area contributed by atoms with Gasteiger partial charge in [-0.2, -0.15) is 0 Å². The van der Waals surface area contributed by atoms with Crippen LogP contribution in [0.5, 0.6) is 0 Å². The summed E-state index contributed by atoms with van der Waals surface area (Å²) in [6.07, 6.45) is 4.31. The number of benzene rings is 1. The number of imide groups is 2. The molecule has 0 aliphatic carbocycles. The van der Waals surface area contributed by atoms with Gasteiger partial charge in [-0.15, -0.1) is 12.4 Å². The predicted molar refractivity (Wildman–Crippen MR) is 105 cm³/mol. The fourth-order valence-electron chi connectivity index (χ4n) is 3.59. The second-order valence-electron chi connectivity index (χ2n) is 6.82. The minimum atomic E-state index is -0.626. The van der Waals surface area contributed by atoms with E-state index in [0.717, 1.165) is 30.7 Å². The second kappa shape index (κ2) is 9.77. The van der Waals surface area contributed by atoms with E-state index >= 15 is 0 Å². The fraction of sp³-hybridized carbons (Fsp3) is 0.474. The van der Waals surface area contributed by atoms with Gasteiger partial charge in [0.15, 0.2) is 0 Å². The minimum absolute atomic E-state index is 0. The first-order valence-electron chi connectivity index (χ1n) is 9.33. The highest BCUT2D eigenvalue weighted by molar-refractivity contribution is 6.22. The topological polar surface area (TPSA) is 122 Å². The Balaban J connectivity index is 0.00000280. The highest BCUT2D eigenvalue weighted by atomic mass is 35.5. The summed E-state index contributed by atoms with van der Waals surface area (Å²) in [4.78, 5) is 49.1. The largest absolute Gasteiger partial charge is 0.330 e. The van der Waals surface area contributed by atoms with Crippen molar-refractivity contribution >= 4 is 36.0 Å². The van der Waals surface area contributed by atoms with E-state index in [1.807, 2.05) is 0 Å². The lowest BCUT2D eigenvalue weighted by molar-refractivity contribution is -0.153. The van der Waals surface area contributed by atoms with Crippen LogP contribution < -0.4 is 16.5 Å². The summed E-state index contributed by atoms with van der Waals surface area (Å²) >= 11 is 0. The molecule has 2 heterocycles. The van der Waals surface area contributed by atoms with Crippen LogP contribution in [0.3, 0.4) is 0 Å². The summed E-state index contributed by atoms with van der Waals surface area (Å²) in [5.41, 5.74) is 9.41. The van der Waals surface area contributed by atoms with E-state index in [2.05, 4.69) is 10.7 Å². The first kappa shape index (κ1) is 22.0. The van der Waals surface area contributed by atoms with Crippen molar-refractivity contribution < 1.29 is 19.2 Å². The van der Waals surface area contributed by atoms with E-state index in [-0.39, 0.29) is 41.8 Å². The van der Waals surface area contributed by atoms with Crippen molar-refractivity contribution in [2.45, 2.75) is 44.4 Å². The maximum atomic E-state index is 12.9. The van der Waals surface area contributed by atoms with Crippen LogP contribution in [-0.4, -0.2) is 41.7 Å². The zero-order valence-corrected chi connectivity index (χ0v) is 16.3. The van der Waals surface area contributed by atoms with Crippen molar-refractivity contribution in [2.75, 3.05) is 13.1 Å². The van der Waals surface area contributed by atoms with Crippen molar-refractivity contribution in [3.05, 3.63) is 34.9 Å². The van der Waals surface area contributed by atoms with Gasteiger partial charge in [-0.3, -0.25) is 24.5 Å². The van der Waals surface area contributed by atoms with Crippen LogP contribution in [0.2, 0.25) is 0 Å². The van der Waals surface area contributed by atoms with Crippen LogP contribution in [0, 0.1) is 0 Å². The Morgan fingerprint density at radius 3 is 2.57 bits per heavy atom. The lowest BCUT2D eigenvalue weighted by Crippen LogP contribution is -2.52. The average Bonchev–Trinajstić information content (AvgIpc) is 2.95. The molecule has 1 fully saturated rings. The quantitative estimate of drug-likeness (QED) is 0.439. The van der Waals surface area contributed by atoms with E-state index in [1.54, 1.807) is 18.2 Å². The van der Waals surface area contributed by atoms with Gasteiger partial charge in [0.2, 0.25) is 5.91 Å².